The largest absolute Gasteiger partial charge is 0.320 e. The van der Waals surface area contributed by atoms with Crippen LogP contribution < -0.4 is 5.32 Å². The van der Waals surface area contributed by atoms with Crippen LogP contribution in [0.15, 0.2) is 0 Å². The predicted molar refractivity (Wildman–Crippen MR) is 56.9 cm³/mol. The van der Waals surface area contributed by atoms with Crippen LogP contribution in [-0.2, 0) is 0 Å². The minimum Gasteiger partial charge on any atom is -0.320 e. The van der Waals surface area contributed by atoms with Crippen molar-refractivity contribution in [2.75, 3.05) is 38.2 Å². The van der Waals surface area contributed by atoms with E-state index >= 15 is 0 Å². The second kappa shape index (κ2) is 5.84. The van der Waals surface area contributed by atoms with E-state index in [0.29, 0.717) is 0 Å². The molecule has 0 aromatic heterocycles. The Morgan fingerprint density at radius 1 is 1.42 bits per heavy atom. The average molecular weight is 188 g/mol. The molecule has 1 rings (SSSR count). The maximum atomic E-state index is 3.21. The van der Waals surface area contributed by atoms with E-state index in [4.69, 9.17) is 0 Å². The van der Waals surface area contributed by atoms with Gasteiger partial charge in [0.1, 0.15) is 0 Å². The second-order valence-electron chi connectivity index (χ2n) is 3.39. The molecular weight excluding hydrogens is 168 g/mol. The van der Waals surface area contributed by atoms with E-state index in [0.717, 1.165) is 12.6 Å². The van der Waals surface area contributed by atoms with Gasteiger partial charge in [0.25, 0.3) is 0 Å². The Morgan fingerprint density at radius 2 is 2.08 bits per heavy atom. The summed E-state index contributed by atoms with van der Waals surface area (Å²) in [5.74, 6) is 2.65. The van der Waals surface area contributed by atoms with Gasteiger partial charge in [-0.05, 0) is 26.9 Å². The summed E-state index contributed by atoms with van der Waals surface area (Å²) in [6, 6.07) is 0.762. The summed E-state index contributed by atoms with van der Waals surface area (Å²) < 4.78 is 0. The lowest BCUT2D eigenvalue weighted by Gasteiger charge is -2.32. The number of thioether (sulfide) groups is 1. The molecule has 1 unspecified atom stereocenters. The van der Waals surface area contributed by atoms with Crippen molar-refractivity contribution < 1.29 is 0 Å². The van der Waals surface area contributed by atoms with Gasteiger partial charge in [0.15, 0.2) is 0 Å². The van der Waals surface area contributed by atoms with Gasteiger partial charge in [0, 0.05) is 30.6 Å². The first-order chi connectivity index (χ1) is 5.84. The number of nitrogens with one attached hydrogen (secondary N) is 1. The monoisotopic (exact) mass is 188 g/mol. The molecule has 1 aliphatic heterocycles. The molecule has 2 nitrogen and oxygen atoms in total. The van der Waals surface area contributed by atoms with Crippen LogP contribution in [0.1, 0.15) is 13.3 Å². The van der Waals surface area contributed by atoms with Crippen LogP contribution in [0, 0.1) is 0 Å². The van der Waals surface area contributed by atoms with E-state index in [1.54, 1.807) is 0 Å². The zero-order valence-corrected chi connectivity index (χ0v) is 8.99. The minimum absolute atomic E-state index is 0.762. The lowest BCUT2D eigenvalue weighted by atomic mass is 10.2. The molecule has 1 N–H and O–H groups in total. The van der Waals surface area contributed by atoms with Crippen molar-refractivity contribution in [3.63, 3.8) is 0 Å². The first-order valence-corrected chi connectivity index (χ1v) is 5.96. The van der Waals surface area contributed by atoms with Crippen molar-refractivity contribution >= 4 is 11.8 Å². The van der Waals surface area contributed by atoms with Gasteiger partial charge in [-0.25, -0.2) is 0 Å². The van der Waals surface area contributed by atoms with Gasteiger partial charge in [0.2, 0.25) is 0 Å². The fraction of sp³-hybridized carbons (Fsp3) is 1.00. The van der Waals surface area contributed by atoms with Gasteiger partial charge < -0.3 is 5.32 Å². The summed E-state index contributed by atoms with van der Waals surface area (Å²) in [6.07, 6.45) is 1.28. The van der Waals surface area contributed by atoms with Crippen LogP contribution in [0.4, 0.5) is 0 Å². The molecule has 0 aliphatic carbocycles. The standard InChI is InChI=1S/C9H20N2S/c1-9(3-4-10-2)11-5-7-12-8-6-11/h9-10H,3-8H2,1-2H3. The van der Waals surface area contributed by atoms with Gasteiger partial charge in [-0.1, -0.05) is 0 Å². The lowest BCUT2D eigenvalue weighted by Crippen LogP contribution is -2.40. The first kappa shape index (κ1) is 10.4. The molecule has 12 heavy (non-hydrogen) atoms. The van der Waals surface area contributed by atoms with E-state index in [9.17, 15) is 0 Å². The Balaban J connectivity index is 2.15. The van der Waals surface area contributed by atoms with Crippen LogP contribution in [0.5, 0.6) is 0 Å². The highest BCUT2D eigenvalue weighted by atomic mass is 32.2. The van der Waals surface area contributed by atoms with Gasteiger partial charge in [-0.2, -0.15) is 11.8 Å². The molecule has 72 valence electrons. The Hall–Kier alpha value is 0.270. The molecule has 0 amide bonds. The fourth-order valence-corrected chi connectivity index (χ4v) is 2.49. The molecule has 0 aromatic rings. The fourth-order valence-electron chi connectivity index (χ4n) is 1.55. The molecule has 1 heterocycles. The summed E-state index contributed by atoms with van der Waals surface area (Å²) in [7, 11) is 2.03. The number of rotatable bonds is 4. The molecule has 3 heteroatoms. The van der Waals surface area contributed by atoms with Gasteiger partial charge in [-0.3, -0.25) is 4.90 Å². The van der Waals surface area contributed by atoms with Crippen LogP contribution in [-0.4, -0.2) is 49.1 Å². The number of nitrogens with zero attached hydrogens (tertiary/aromatic N) is 1. The topological polar surface area (TPSA) is 15.3 Å². The second-order valence-corrected chi connectivity index (χ2v) is 4.61. The summed E-state index contributed by atoms with van der Waals surface area (Å²) >= 11 is 2.08. The maximum absolute atomic E-state index is 3.21. The van der Waals surface area contributed by atoms with Crippen molar-refractivity contribution in [2.24, 2.45) is 0 Å². The Bertz CT molecular complexity index is 113. The molecule has 0 spiro atoms. The predicted octanol–water partition coefficient (Wildman–Crippen LogP) is 1.03. The quantitative estimate of drug-likeness (QED) is 0.709. The van der Waals surface area contributed by atoms with Crippen LogP contribution in [0.3, 0.4) is 0 Å². The third-order valence-corrected chi connectivity index (χ3v) is 3.42. The molecule has 1 saturated heterocycles. The normalized spacial score (nSPS) is 22.5. The molecule has 0 aromatic carbocycles. The lowest BCUT2D eigenvalue weighted by molar-refractivity contribution is 0.220. The third-order valence-electron chi connectivity index (χ3n) is 2.48. The Morgan fingerprint density at radius 3 is 2.67 bits per heavy atom. The third kappa shape index (κ3) is 3.33. The molecule has 0 radical (unpaired) electrons. The van der Waals surface area contributed by atoms with E-state index in [1.807, 2.05) is 7.05 Å². The van der Waals surface area contributed by atoms with Crippen molar-refractivity contribution in [1.29, 1.82) is 0 Å². The van der Waals surface area contributed by atoms with Gasteiger partial charge in [0.05, 0.1) is 0 Å². The molecule has 0 bridgehead atoms. The number of hydrogen-bond donors (Lipinski definition) is 1. The zero-order valence-electron chi connectivity index (χ0n) is 8.18. The van der Waals surface area contributed by atoms with Crippen LogP contribution in [0.2, 0.25) is 0 Å². The van der Waals surface area contributed by atoms with E-state index in [-0.39, 0.29) is 0 Å². The van der Waals surface area contributed by atoms with E-state index in [1.165, 1.54) is 31.0 Å². The molecule has 1 atom stereocenters. The molecular formula is C9H20N2S. The highest BCUT2D eigenvalue weighted by Gasteiger charge is 2.15. The van der Waals surface area contributed by atoms with Crippen LogP contribution >= 0.6 is 11.8 Å². The Kier molecular flexibility index (Phi) is 5.04. The Labute approximate surface area is 80.1 Å². The SMILES string of the molecule is CNCCC(C)N1CCSCC1. The average Bonchev–Trinajstić information content (AvgIpc) is 2.15. The summed E-state index contributed by atoms with van der Waals surface area (Å²) in [5.41, 5.74) is 0. The molecule has 1 fully saturated rings. The zero-order chi connectivity index (χ0) is 8.81. The van der Waals surface area contributed by atoms with Crippen molar-refractivity contribution in [2.45, 2.75) is 19.4 Å². The summed E-state index contributed by atoms with van der Waals surface area (Å²) in [4.78, 5) is 2.60. The smallest absolute Gasteiger partial charge is 0.00796 e. The summed E-state index contributed by atoms with van der Waals surface area (Å²) in [5, 5.41) is 3.21. The highest BCUT2D eigenvalue weighted by molar-refractivity contribution is 7.99. The first-order valence-electron chi connectivity index (χ1n) is 4.81. The van der Waals surface area contributed by atoms with Crippen molar-refractivity contribution in [1.82, 2.24) is 10.2 Å². The maximum Gasteiger partial charge on any atom is 0.00796 e. The van der Waals surface area contributed by atoms with Gasteiger partial charge in [-0.15, -0.1) is 0 Å². The van der Waals surface area contributed by atoms with Gasteiger partial charge >= 0.3 is 0 Å². The molecule has 1 aliphatic rings. The van der Waals surface area contributed by atoms with Crippen molar-refractivity contribution in [3.8, 4) is 0 Å². The van der Waals surface area contributed by atoms with Crippen molar-refractivity contribution in [3.05, 3.63) is 0 Å². The minimum atomic E-state index is 0.762. The van der Waals surface area contributed by atoms with Crippen LogP contribution in [0.25, 0.3) is 0 Å². The highest BCUT2D eigenvalue weighted by Crippen LogP contribution is 2.13. The number of hydrogen-bond acceptors (Lipinski definition) is 3. The van der Waals surface area contributed by atoms with E-state index < -0.39 is 0 Å². The summed E-state index contributed by atoms with van der Waals surface area (Å²) in [6.45, 7) is 6.06. The van der Waals surface area contributed by atoms with E-state index in [2.05, 4.69) is 28.9 Å². The molecule has 0 saturated carbocycles.